The van der Waals surface area contributed by atoms with Crippen LogP contribution in [0.4, 0.5) is 17.1 Å². The molecule has 0 aliphatic carbocycles. The van der Waals surface area contributed by atoms with Crippen molar-refractivity contribution in [2.75, 3.05) is 10.0 Å². The molecule has 1 aromatic carbocycles. The molecule has 100 valence electrons. The highest BCUT2D eigenvalue weighted by molar-refractivity contribution is 7.90. The summed E-state index contributed by atoms with van der Waals surface area (Å²) in [6.45, 7) is 1.97. The Hall–Kier alpha value is -2.12. The van der Waals surface area contributed by atoms with Crippen molar-refractivity contribution in [2.45, 2.75) is 6.92 Å². The van der Waals surface area contributed by atoms with Crippen LogP contribution in [0.1, 0.15) is 5.56 Å². The molecule has 2 aromatic rings. The van der Waals surface area contributed by atoms with E-state index in [9.17, 15) is 8.42 Å². The van der Waals surface area contributed by atoms with Crippen molar-refractivity contribution in [1.29, 1.82) is 0 Å². The van der Waals surface area contributed by atoms with Crippen LogP contribution < -0.4 is 15.2 Å². The molecular formula is C12H14N4O2S. The fraction of sp³-hybridized carbons (Fsp3) is 0.0833. The van der Waals surface area contributed by atoms with Gasteiger partial charge in [0.05, 0.1) is 17.6 Å². The smallest absolute Gasteiger partial charge is 0.296 e. The molecule has 0 amide bonds. The van der Waals surface area contributed by atoms with E-state index < -0.39 is 10.2 Å². The number of aromatic nitrogens is 1. The second-order valence-corrected chi connectivity index (χ2v) is 5.36. The number of anilines is 3. The van der Waals surface area contributed by atoms with Gasteiger partial charge in [-0.15, -0.1) is 0 Å². The summed E-state index contributed by atoms with van der Waals surface area (Å²) in [5, 5.41) is 8.07. The van der Waals surface area contributed by atoms with Gasteiger partial charge in [0.25, 0.3) is 10.2 Å². The van der Waals surface area contributed by atoms with Crippen LogP contribution in [0, 0.1) is 6.92 Å². The zero-order chi connectivity index (χ0) is 13.9. The first-order chi connectivity index (χ1) is 8.94. The van der Waals surface area contributed by atoms with Gasteiger partial charge < -0.3 is 5.32 Å². The molecule has 2 rings (SSSR count). The Morgan fingerprint density at radius 3 is 2.68 bits per heavy atom. The molecular weight excluding hydrogens is 264 g/mol. The van der Waals surface area contributed by atoms with E-state index in [-0.39, 0.29) is 0 Å². The summed E-state index contributed by atoms with van der Waals surface area (Å²) in [5.74, 6) is 0. The Bertz CT molecular complexity index is 686. The molecule has 0 saturated carbocycles. The number of hydrogen-bond donors (Lipinski definition) is 3. The Balaban J connectivity index is 2.30. The summed E-state index contributed by atoms with van der Waals surface area (Å²) in [6.07, 6.45) is 2.95. The van der Waals surface area contributed by atoms with E-state index in [2.05, 4.69) is 15.0 Å². The second kappa shape index (κ2) is 5.25. The van der Waals surface area contributed by atoms with Gasteiger partial charge in [0.2, 0.25) is 0 Å². The molecule has 0 atom stereocenters. The first kappa shape index (κ1) is 13.3. The van der Waals surface area contributed by atoms with Crippen LogP contribution in [0.2, 0.25) is 0 Å². The normalized spacial score (nSPS) is 11.1. The minimum Gasteiger partial charge on any atom is -0.354 e. The predicted octanol–water partition coefficient (Wildman–Crippen LogP) is 1.75. The Morgan fingerprint density at radius 1 is 1.21 bits per heavy atom. The number of pyridine rings is 1. The van der Waals surface area contributed by atoms with Crippen LogP contribution in [0.15, 0.2) is 42.7 Å². The van der Waals surface area contributed by atoms with E-state index in [1.54, 1.807) is 12.3 Å². The molecule has 0 bridgehead atoms. The fourth-order valence-corrected chi connectivity index (χ4v) is 2.09. The predicted molar refractivity (Wildman–Crippen MR) is 75.4 cm³/mol. The molecule has 0 aliphatic rings. The van der Waals surface area contributed by atoms with Crippen LogP contribution >= 0.6 is 0 Å². The Morgan fingerprint density at radius 2 is 2.00 bits per heavy atom. The highest BCUT2D eigenvalue weighted by Crippen LogP contribution is 2.25. The summed E-state index contributed by atoms with van der Waals surface area (Å²) in [5.41, 5.74) is 2.82. The minimum atomic E-state index is -3.83. The van der Waals surface area contributed by atoms with Gasteiger partial charge >= 0.3 is 0 Å². The van der Waals surface area contributed by atoms with Gasteiger partial charge in [-0.25, -0.2) is 5.14 Å². The molecule has 0 radical (unpaired) electrons. The molecule has 19 heavy (non-hydrogen) atoms. The highest BCUT2D eigenvalue weighted by Gasteiger charge is 2.08. The summed E-state index contributed by atoms with van der Waals surface area (Å²) in [7, 11) is -3.83. The number of nitrogens with zero attached hydrogens (tertiary/aromatic N) is 1. The van der Waals surface area contributed by atoms with Crippen molar-refractivity contribution >= 4 is 27.3 Å². The maximum Gasteiger partial charge on any atom is 0.296 e. The van der Waals surface area contributed by atoms with Crippen molar-refractivity contribution in [2.24, 2.45) is 5.14 Å². The Kier molecular flexibility index (Phi) is 3.68. The fourth-order valence-electron chi connectivity index (χ4n) is 1.62. The zero-order valence-electron chi connectivity index (χ0n) is 10.3. The van der Waals surface area contributed by atoms with Gasteiger partial charge in [-0.2, -0.15) is 8.42 Å². The lowest BCUT2D eigenvalue weighted by molar-refractivity contribution is 0.603. The SMILES string of the molecule is Cc1cccc(Nc2ccncc2NS(N)(=O)=O)c1. The Labute approximate surface area is 111 Å². The lowest BCUT2D eigenvalue weighted by atomic mass is 10.2. The summed E-state index contributed by atoms with van der Waals surface area (Å²) in [4.78, 5) is 3.87. The number of hydrogen-bond acceptors (Lipinski definition) is 4. The third-order valence-electron chi connectivity index (χ3n) is 2.37. The highest BCUT2D eigenvalue weighted by atomic mass is 32.2. The molecule has 4 N–H and O–H groups in total. The first-order valence-corrected chi connectivity index (χ1v) is 7.07. The number of rotatable bonds is 4. The second-order valence-electron chi connectivity index (χ2n) is 4.06. The summed E-state index contributed by atoms with van der Waals surface area (Å²) >= 11 is 0. The van der Waals surface area contributed by atoms with Gasteiger partial charge in [0.1, 0.15) is 0 Å². The topological polar surface area (TPSA) is 97.1 Å². The van der Waals surface area contributed by atoms with Gasteiger partial charge in [0.15, 0.2) is 0 Å². The molecule has 0 aliphatic heterocycles. The van der Waals surface area contributed by atoms with Crippen LogP contribution in [0.25, 0.3) is 0 Å². The average molecular weight is 278 g/mol. The van der Waals surface area contributed by atoms with Gasteiger partial charge in [0, 0.05) is 11.9 Å². The van der Waals surface area contributed by atoms with E-state index >= 15 is 0 Å². The molecule has 6 nitrogen and oxygen atoms in total. The van der Waals surface area contributed by atoms with Crippen molar-refractivity contribution in [3.05, 3.63) is 48.3 Å². The van der Waals surface area contributed by atoms with Crippen molar-refractivity contribution in [1.82, 2.24) is 4.98 Å². The lowest BCUT2D eigenvalue weighted by Gasteiger charge is -2.12. The number of benzene rings is 1. The quantitative estimate of drug-likeness (QED) is 0.793. The van der Waals surface area contributed by atoms with E-state index in [0.29, 0.717) is 11.4 Å². The number of nitrogens with one attached hydrogen (secondary N) is 2. The summed E-state index contributed by atoms with van der Waals surface area (Å²) in [6, 6.07) is 9.37. The van der Waals surface area contributed by atoms with Gasteiger partial charge in [-0.05, 0) is 30.7 Å². The van der Waals surface area contributed by atoms with E-state index in [0.717, 1.165) is 11.3 Å². The largest absolute Gasteiger partial charge is 0.354 e. The molecule has 1 heterocycles. The van der Waals surface area contributed by atoms with Crippen LogP contribution in [-0.4, -0.2) is 13.4 Å². The number of nitrogens with two attached hydrogens (primary N) is 1. The monoisotopic (exact) mass is 278 g/mol. The standard InChI is InChI=1S/C12H14N4O2S/c1-9-3-2-4-10(7-9)15-11-5-6-14-8-12(11)16-19(13,17)18/h2-8,16H,1H3,(H,14,15)(H2,13,17,18). The van der Waals surface area contributed by atoms with Crippen LogP contribution in [-0.2, 0) is 10.2 Å². The zero-order valence-corrected chi connectivity index (χ0v) is 11.1. The van der Waals surface area contributed by atoms with Gasteiger partial charge in [-0.3, -0.25) is 9.71 Å². The lowest BCUT2D eigenvalue weighted by Crippen LogP contribution is -2.22. The van der Waals surface area contributed by atoms with E-state index in [4.69, 9.17) is 5.14 Å². The van der Waals surface area contributed by atoms with Crippen molar-refractivity contribution in [3.8, 4) is 0 Å². The number of aryl methyl sites for hydroxylation is 1. The summed E-state index contributed by atoms with van der Waals surface area (Å²) < 4.78 is 24.4. The maximum atomic E-state index is 11.1. The minimum absolute atomic E-state index is 0.298. The molecule has 0 spiro atoms. The molecule has 1 aromatic heterocycles. The van der Waals surface area contributed by atoms with E-state index in [1.807, 2.05) is 31.2 Å². The van der Waals surface area contributed by atoms with Crippen molar-refractivity contribution < 1.29 is 8.42 Å². The van der Waals surface area contributed by atoms with Crippen LogP contribution in [0.5, 0.6) is 0 Å². The molecule has 0 fully saturated rings. The first-order valence-electron chi connectivity index (χ1n) is 5.52. The third kappa shape index (κ3) is 3.94. The molecule has 0 unspecified atom stereocenters. The van der Waals surface area contributed by atoms with Gasteiger partial charge in [-0.1, -0.05) is 12.1 Å². The molecule has 0 saturated heterocycles. The maximum absolute atomic E-state index is 11.1. The third-order valence-corrected chi connectivity index (χ3v) is 2.87. The van der Waals surface area contributed by atoms with Crippen LogP contribution in [0.3, 0.4) is 0 Å². The van der Waals surface area contributed by atoms with E-state index in [1.165, 1.54) is 6.20 Å². The molecule has 7 heteroatoms. The average Bonchev–Trinajstić information content (AvgIpc) is 2.30. The van der Waals surface area contributed by atoms with Crippen molar-refractivity contribution in [3.63, 3.8) is 0 Å².